The highest BCUT2D eigenvalue weighted by atomic mass is 14.0. The van der Waals surface area contributed by atoms with E-state index in [1.165, 1.54) is 55.6 Å². The molecule has 0 aromatic heterocycles. The molecule has 0 radical (unpaired) electrons. The van der Waals surface area contributed by atoms with Crippen LogP contribution in [0.25, 0.3) is 36.5 Å². The SMILES string of the molecule is Cc1ccc(/C=C/c2ccc(/C=C/c3ccc(C)cc3)cc2)cc1.Cc1ccc(/C=C/c2ccc(C)cc2)cc1. The molecule has 5 rings (SSSR count). The van der Waals surface area contributed by atoms with Crippen molar-refractivity contribution in [3.63, 3.8) is 0 Å². The van der Waals surface area contributed by atoms with Crippen molar-refractivity contribution in [2.24, 2.45) is 0 Å². The molecule has 40 heavy (non-hydrogen) atoms. The first-order valence-electron chi connectivity index (χ1n) is 13.8. The molecule has 0 heterocycles. The first-order valence-corrected chi connectivity index (χ1v) is 13.8. The minimum absolute atomic E-state index is 1.21. The minimum atomic E-state index is 1.21. The highest BCUT2D eigenvalue weighted by molar-refractivity contribution is 5.73. The molecule has 0 fully saturated rings. The van der Waals surface area contributed by atoms with Crippen molar-refractivity contribution in [3.05, 3.63) is 177 Å². The zero-order valence-corrected chi connectivity index (χ0v) is 24.0. The highest BCUT2D eigenvalue weighted by Crippen LogP contribution is 2.14. The van der Waals surface area contributed by atoms with Gasteiger partial charge in [-0.15, -0.1) is 0 Å². The summed E-state index contributed by atoms with van der Waals surface area (Å²) in [5, 5.41) is 0. The number of aryl methyl sites for hydroxylation is 4. The fraction of sp³-hybridized carbons (Fsp3) is 0.100. The predicted octanol–water partition coefficient (Wildman–Crippen LogP) is 11.1. The maximum Gasteiger partial charge on any atom is -0.0256 e. The van der Waals surface area contributed by atoms with Gasteiger partial charge in [0.2, 0.25) is 0 Å². The van der Waals surface area contributed by atoms with E-state index in [0.717, 1.165) is 0 Å². The van der Waals surface area contributed by atoms with Crippen molar-refractivity contribution in [1.29, 1.82) is 0 Å². The Balaban J connectivity index is 0.000000201. The number of hydrogen-bond donors (Lipinski definition) is 0. The van der Waals surface area contributed by atoms with Gasteiger partial charge in [0.15, 0.2) is 0 Å². The Morgan fingerprint density at radius 1 is 0.225 bits per heavy atom. The van der Waals surface area contributed by atoms with Crippen molar-refractivity contribution in [2.75, 3.05) is 0 Å². The van der Waals surface area contributed by atoms with E-state index < -0.39 is 0 Å². The number of benzene rings is 5. The largest absolute Gasteiger partial charge is 0.0587 e. The lowest BCUT2D eigenvalue weighted by atomic mass is 10.1. The molecule has 0 aliphatic rings. The first-order chi connectivity index (χ1) is 19.4. The maximum absolute atomic E-state index is 2.15. The van der Waals surface area contributed by atoms with Crippen LogP contribution in [0.2, 0.25) is 0 Å². The quantitative estimate of drug-likeness (QED) is 0.196. The average Bonchev–Trinajstić information content (AvgIpc) is 2.98. The molecule has 0 heteroatoms. The van der Waals surface area contributed by atoms with Crippen molar-refractivity contribution in [1.82, 2.24) is 0 Å². The van der Waals surface area contributed by atoms with Crippen LogP contribution in [0.1, 0.15) is 55.6 Å². The lowest BCUT2D eigenvalue weighted by Gasteiger charge is -1.98. The van der Waals surface area contributed by atoms with Crippen molar-refractivity contribution in [3.8, 4) is 0 Å². The second kappa shape index (κ2) is 14.5. The first kappa shape index (κ1) is 28.3. The second-order valence-electron chi connectivity index (χ2n) is 10.3. The molecule has 0 amide bonds. The molecule has 0 aliphatic heterocycles. The van der Waals surface area contributed by atoms with Crippen LogP contribution in [0.4, 0.5) is 0 Å². The summed E-state index contributed by atoms with van der Waals surface area (Å²) in [6.45, 7) is 8.42. The fourth-order valence-corrected chi connectivity index (χ4v) is 4.01. The molecular formula is C40H38. The molecule has 0 bridgehead atoms. The smallest absolute Gasteiger partial charge is 0.0256 e. The predicted molar refractivity (Wildman–Crippen MR) is 178 cm³/mol. The lowest BCUT2D eigenvalue weighted by Crippen LogP contribution is -1.77. The molecule has 0 unspecified atom stereocenters. The summed E-state index contributed by atoms with van der Waals surface area (Å²) in [6, 6.07) is 42.8. The Bertz CT molecular complexity index is 1420. The van der Waals surface area contributed by atoms with Crippen molar-refractivity contribution in [2.45, 2.75) is 27.7 Å². The van der Waals surface area contributed by atoms with Gasteiger partial charge in [0, 0.05) is 0 Å². The van der Waals surface area contributed by atoms with Crippen LogP contribution >= 0.6 is 0 Å². The van der Waals surface area contributed by atoms with E-state index in [2.05, 4.69) is 185 Å². The zero-order valence-electron chi connectivity index (χ0n) is 24.0. The Labute approximate surface area is 240 Å². The molecule has 0 nitrogen and oxygen atoms in total. The van der Waals surface area contributed by atoms with Gasteiger partial charge in [0.25, 0.3) is 0 Å². The van der Waals surface area contributed by atoms with E-state index in [1.54, 1.807) is 0 Å². The summed E-state index contributed by atoms with van der Waals surface area (Å²) in [4.78, 5) is 0. The van der Waals surface area contributed by atoms with E-state index in [1.807, 2.05) is 0 Å². The summed E-state index contributed by atoms with van der Waals surface area (Å²) < 4.78 is 0. The van der Waals surface area contributed by atoms with Gasteiger partial charge in [0.1, 0.15) is 0 Å². The van der Waals surface area contributed by atoms with Crippen molar-refractivity contribution >= 4 is 36.5 Å². The zero-order chi connectivity index (χ0) is 28.2. The Kier molecular flexibility index (Phi) is 10.2. The fourth-order valence-electron chi connectivity index (χ4n) is 4.01. The van der Waals surface area contributed by atoms with Crippen LogP contribution in [0.3, 0.4) is 0 Å². The minimum Gasteiger partial charge on any atom is -0.0587 e. The molecule has 0 aliphatic carbocycles. The van der Waals surface area contributed by atoms with Gasteiger partial charge in [-0.05, 0) is 61.1 Å². The van der Waals surface area contributed by atoms with E-state index in [4.69, 9.17) is 0 Å². The molecule has 0 saturated heterocycles. The standard InChI is InChI=1S/C24H22.C16H16/c1-19-3-7-21(8-4-19)11-13-23-15-17-24(18-16-23)14-12-22-9-5-20(2)6-10-22;1-13-3-7-15(8-4-13)11-12-16-9-5-14(2)6-10-16/h3-18H,1-2H3;3-12H,1-2H3/b13-11+,14-12+;12-11+. The van der Waals surface area contributed by atoms with Crippen LogP contribution in [-0.4, -0.2) is 0 Å². The molecule has 0 spiro atoms. The Morgan fingerprint density at radius 3 is 0.500 bits per heavy atom. The van der Waals surface area contributed by atoms with Gasteiger partial charge in [0.05, 0.1) is 0 Å². The summed E-state index contributed by atoms with van der Waals surface area (Å²) >= 11 is 0. The van der Waals surface area contributed by atoms with Crippen LogP contribution in [0.5, 0.6) is 0 Å². The molecule has 5 aromatic rings. The molecule has 5 aromatic carbocycles. The van der Waals surface area contributed by atoms with Gasteiger partial charge in [-0.25, -0.2) is 0 Å². The van der Waals surface area contributed by atoms with Gasteiger partial charge in [-0.3, -0.25) is 0 Å². The summed E-state index contributed by atoms with van der Waals surface area (Å²) in [5.41, 5.74) is 12.5. The van der Waals surface area contributed by atoms with Gasteiger partial charge in [-0.1, -0.05) is 180 Å². The van der Waals surface area contributed by atoms with Gasteiger partial charge < -0.3 is 0 Å². The third kappa shape index (κ3) is 9.57. The Hall–Kier alpha value is -4.68. The second-order valence-corrected chi connectivity index (χ2v) is 10.3. The summed E-state index contributed by atoms with van der Waals surface area (Å²) in [5.74, 6) is 0. The Morgan fingerprint density at radius 2 is 0.350 bits per heavy atom. The average molecular weight is 519 g/mol. The van der Waals surface area contributed by atoms with E-state index in [9.17, 15) is 0 Å². The summed E-state index contributed by atoms with van der Waals surface area (Å²) in [7, 11) is 0. The molecule has 0 saturated carbocycles. The third-order valence-electron chi connectivity index (χ3n) is 6.65. The molecular weight excluding hydrogens is 480 g/mol. The van der Waals surface area contributed by atoms with Gasteiger partial charge >= 0.3 is 0 Å². The highest BCUT2D eigenvalue weighted by Gasteiger charge is 1.92. The van der Waals surface area contributed by atoms with E-state index in [-0.39, 0.29) is 0 Å². The molecule has 198 valence electrons. The van der Waals surface area contributed by atoms with Gasteiger partial charge in [-0.2, -0.15) is 0 Å². The molecule has 0 N–H and O–H groups in total. The van der Waals surface area contributed by atoms with Crippen LogP contribution < -0.4 is 0 Å². The van der Waals surface area contributed by atoms with Crippen LogP contribution in [0.15, 0.2) is 121 Å². The maximum atomic E-state index is 2.15. The third-order valence-corrected chi connectivity index (χ3v) is 6.65. The molecule has 0 atom stereocenters. The van der Waals surface area contributed by atoms with Crippen LogP contribution in [0, 0.1) is 27.7 Å². The van der Waals surface area contributed by atoms with E-state index in [0.29, 0.717) is 0 Å². The lowest BCUT2D eigenvalue weighted by molar-refractivity contribution is 1.46. The van der Waals surface area contributed by atoms with E-state index >= 15 is 0 Å². The topological polar surface area (TPSA) is 0 Å². The number of rotatable bonds is 6. The monoisotopic (exact) mass is 518 g/mol. The van der Waals surface area contributed by atoms with Crippen LogP contribution in [-0.2, 0) is 0 Å². The normalized spacial score (nSPS) is 11.2. The summed E-state index contributed by atoms with van der Waals surface area (Å²) in [6.07, 6.45) is 12.9. The van der Waals surface area contributed by atoms with Crippen molar-refractivity contribution < 1.29 is 0 Å². The number of hydrogen-bond acceptors (Lipinski definition) is 0.